The zero-order valence-electron chi connectivity index (χ0n) is 8.59. The minimum absolute atomic E-state index is 0.132. The third-order valence-corrected chi connectivity index (χ3v) is 3.94. The summed E-state index contributed by atoms with van der Waals surface area (Å²) in [5.74, 6) is -0.561. The van der Waals surface area contributed by atoms with E-state index in [1.807, 2.05) is 0 Å². The molecule has 86 valence electrons. The molecular weight excluding hydrogens is 261 g/mol. The molecule has 17 heavy (non-hydrogen) atoms. The Morgan fingerprint density at radius 2 is 1.88 bits per heavy atom. The van der Waals surface area contributed by atoms with Crippen LogP contribution in [0.15, 0.2) is 18.2 Å². The van der Waals surface area contributed by atoms with Gasteiger partial charge in [0.25, 0.3) is 0 Å². The average molecular weight is 268 g/mol. The molecule has 3 nitrogen and oxygen atoms in total. The first kappa shape index (κ1) is 10.8. The zero-order valence-corrected chi connectivity index (χ0v) is 10.1. The van der Waals surface area contributed by atoms with Gasteiger partial charge in [-0.3, -0.25) is 14.9 Å². The lowest BCUT2D eigenvalue weighted by atomic mass is 9.81. The molecule has 1 aromatic rings. The van der Waals surface area contributed by atoms with Gasteiger partial charge in [0.1, 0.15) is 5.41 Å². The van der Waals surface area contributed by atoms with Gasteiger partial charge in [0.15, 0.2) is 0 Å². The van der Waals surface area contributed by atoms with E-state index in [0.717, 1.165) is 11.1 Å². The number of fused-ring (bicyclic) bond motifs is 2. The third kappa shape index (κ3) is 1.36. The van der Waals surface area contributed by atoms with E-state index in [2.05, 4.69) is 5.32 Å². The summed E-state index contributed by atoms with van der Waals surface area (Å²) in [5, 5.41) is 3.15. The number of hydrogen-bond donors (Lipinski definition) is 1. The molecule has 0 aromatic heterocycles. The summed E-state index contributed by atoms with van der Waals surface area (Å²) in [6.45, 7) is 0. The Hall–Kier alpha value is -1.32. The molecule has 1 aliphatic heterocycles. The van der Waals surface area contributed by atoms with Crippen LogP contribution in [0.25, 0.3) is 6.08 Å². The maximum Gasteiger partial charge on any atom is 0.241 e. The van der Waals surface area contributed by atoms with Gasteiger partial charge in [0, 0.05) is 6.42 Å². The molecular formula is C12H7Cl2NO2. The number of hydrogen-bond acceptors (Lipinski definition) is 2. The van der Waals surface area contributed by atoms with Crippen LogP contribution in [-0.2, 0) is 15.0 Å². The molecule has 1 aromatic carbocycles. The second-order valence-corrected chi connectivity index (χ2v) is 5.03. The van der Waals surface area contributed by atoms with Crippen LogP contribution in [0.3, 0.4) is 0 Å². The number of halogens is 2. The predicted molar refractivity (Wildman–Crippen MR) is 64.9 cm³/mol. The quantitative estimate of drug-likeness (QED) is 0.734. The van der Waals surface area contributed by atoms with Gasteiger partial charge in [-0.05, 0) is 23.3 Å². The van der Waals surface area contributed by atoms with Crippen molar-refractivity contribution < 1.29 is 9.59 Å². The number of nitrogens with one attached hydrogen (secondary N) is 1. The molecule has 1 saturated heterocycles. The Kier molecular flexibility index (Phi) is 2.12. The van der Waals surface area contributed by atoms with Crippen LogP contribution in [0.2, 0.25) is 10.0 Å². The van der Waals surface area contributed by atoms with E-state index >= 15 is 0 Å². The number of amides is 2. The summed E-state index contributed by atoms with van der Waals surface area (Å²) >= 11 is 11.9. The van der Waals surface area contributed by atoms with E-state index < -0.39 is 5.41 Å². The van der Waals surface area contributed by atoms with Crippen LogP contribution in [0.4, 0.5) is 0 Å². The number of benzene rings is 1. The van der Waals surface area contributed by atoms with Crippen LogP contribution in [-0.4, -0.2) is 11.8 Å². The zero-order chi connectivity index (χ0) is 12.2. The summed E-state index contributed by atoms with van der Waals surface area (Å²) in [6, 6.07) is 3.37. The minimum atomic E-state index is -0.888. The highest BCUT2D eigenvalue weighted by Gasteiger charge is 2.49. The second kappa shape index (κ2) is 3.34. The molecule has 2 aliphatic rings. The summed E-state index contributed by atoms with van der Waals surface area (Å²) in [5.41, 5.74) is 0.695. The average Bonchev–Trinajstić information content (AvgIpc) is 2.73. The fraction of sp³-hybridized carbons (Fsp3) is 0.167. The molecule has 0 radical (unpaired) electrons. The van der Waals surface area contributed by atoms with Crippen molar-refractivity contribution in [1.29, 1.82) is 0 Å². The van der Waals surface area contributed by atoms with Crippen molar-refractivity contribution in [2.24, 2.45) is 0 Å². The number of carbonyl (C=O) groups is 2. The molecule has 5 heteroatoms. The summed E-state index contributed by atoms with van der Waals surface area (Å²) in [6.07, 6.45) is 3.67. The smallest absolute Gasteiger partial charge is 0.241 e. The van der Waals surface area contributed by atoms with E-state index in [-0.39, 0.29) is 18.2 Å². The number of rotatable bonds is 0. The molecule has 1 heterocycles. The van der Waals surface area contributed by atoms with Gasteiger partial charge in [-0.2, -0.15) is 0 Å². The largest absolute Gasteiger partial charge is 0.295 e. The molecule has 0 bridgehead atoms. The maximum absolute atomic E-state index is 11.9. The van der Waals surface area contributed by atoms with Crippen molar-refractivity contribution >= 4 is 41.1 Å². The molecule has 1 aliphatic carbocycles. The van der Waals surface area contributed by atoms with E-state index in [0.29, 0.717) is 10.0 Å². The number of carbonyl (C=O) groups excluding carboxylic acids is 2. The Labute approximate surface area is 107 Å². The van der Waals surface area contributed by atoms with Crippen molar-refractivity contribution in [2.45, 2.75) is 11.8 Å². The lowest BCUT2D eigenvalue weighted by Gasteiger charge is -2.19. The number of imide groups is 1. The highest BCUT2D eigenvalue weighted by atomic mass is 35.5. The lowest BCUT2D eigenvalue weighted by Crippen LogP contribution is -2.32. The Morgan fingerprint density at radius 3 is 2.53 bits per heavy atom. The molecule has 1 unspecified atom stereocenters. The molecule has 0 saturated carbocycles. The first-order chi connectivity index (χ1) is 8.03. The van der Waals surface area contributed by atoms with Crippen LogP contribution in [0.5, 0.6) is 0 Å². The maximum atomic E-state index is 11.9. The Bertz CT molecular complexity index is 594. The van der Waals surface area contributed by atoms with Crippen molar-refractivity contribution in [3.63, 3.8) is 0 Å². The van der Waals surface area contributed by atoms with E-state index in [1.54, 1.807) is 24.3 Å². The van der Waals surface area contributed by atoms with Crippen LogP contribution >= 0.6 is 23.2 Å². The van der Waals surface area contributed by atoms with Gasteiger partial charge >= 0.3 is 0 Å². The van der Waals surface area contributed by atoms with Crippen molar-refractivity contribution in [3.05, 3.63) is 39.4 Å². The van der Waals surface area contributed by atoms with Crippen LogP contribution < -0.4 is 5.32 Å². The fourth-order valence-corrected chi connectivity index (χ4v) is 2.71. The molecule has 1 spiro atoms. The van der Waals surface area contributed by atoms with Gasteiger partial charge in [0.05, 0.1) is 10.0 Å². The van der Waals surface area contributed by atoms with Crippen molar-refractivity contribution in [2.75, 3.05) is 0 Å². The van der Waals surface area contributed by atoms with Gasteiger partial charge in [-0.15, -0.1) is 0 Å². The summed E-state index contributed by atoms with van der Waals surface area (Å²) in [7, 11) is 0. The molecule has 3 rings (SSSR count). The molecule has 1 N–H and O–H groups in total. The van der Waals surface area contributed by atoms with E-state index in [4.69, 9.17) is 23.2 Å². The summed E-state index contributed by atoms with van der Waals surface area (Å²) < 4.78 is 0. The first-order valence-corrected chi connectivity index (χ1v) is 5.81. The highest BCUT2D eigenvalue weighted by Crippen LogP contribution is 2.44. The van der Waals surface area contributed by atoms with Gasteiger partial charge in [-0.25, -0.2) is 0 Å². The van der Waals surface area contributed by atoms with Crippen LogP contribution in [0, 0.1) is 0 Å². The van der Waals surface area contributed by atoms with E-state index in [9.17, 15) is 9.59 Å². The van der Waals surface area contributed by atoms with Crippen molar-refractivity contribution in [1.82, 2.24) is 5.32 Å². The fourth-order valence-electron chi connectivity index (χ4n) is 2.38. The standard InChI is InChI=1S/C12H7Cl2NO2/c13-8-3-6-1-2-12(7(6)4-9(8)14)5-10(16)15-11(12)17/h1-4H,5H2,(H,15,16,17). The van der Waals surface area contributed by atoms with Crippen molar-refractivity contribution in [3.8, 4) is 0 Å². The Balaban J connectivity index is 2.22. The highest BCUT2D eigenvalue weighted by molar-refractivity contribution is 6.42. The van der Waals surface area contributed by atoms with Gasteiger partial charge in [0.2, 0.25) is 11.8 Å². The monoisotopic (exact) mass is 267 g/mol. The topological polar surface area (TPSA) is 46.2 Å². The minimum Gasteiger partial charge on any atom is -0.295 e. The molecule has 2 amide bonds. The Morgan fingerprint density at radius 1 is 1.18 bits per heavy atom. The SMILES string of the molecule is O=C1CC2(C=Cc3cc(Cl)c(Cl)cc32)C(=O)N1. The van der Waals surface area contributed by atoms with Crippen LogP contribution in [0.1, 0.15) is 17.5 Å². The van der Waals surface area contributed by atoms with Gasteiger partial charge in [-0.1, -0.05) is 35.4 Å². The molecule has 1 fully saturated rings. The predicted octanol–water partition coefficient (Wildman–Crippen LogP) is 2.30. The van der Waals surface area contributed by atoms with E-state index in [1.165, 1.54) is 0 Å². The van der Waals surface area contributed by atoms with Gasteiger partial charge < -0.3 is 0 Å². The second-order valence-electron chi connectivity index (χ2n) is 4.21. The summed E-state index contributed by atoms with van der Waals surface area (Å²) in [4.78, 5) is 23.3. The lowest BCUT2D eigenvalue weighted by molar-refractivity contribution is -0.125. The normalized spacial score (nSPS) is 25.5. The molecule has 1 atom stereocenters. The first-order valence-electron chi connectivity index (χ1n) is 5.06. The third-order valence-electron chi connectivity index (χ3n) is 3.22.